The summed E-state index contributed by atoms with van der Waals surface area (Å²) in [5, 5.41) is 2.72. The second-order valence-electron chi connectivity index (χ2n) is 9.81. The van der Waals surface area contributed by atoms with Gasteiger partial charge in [0.15, 0.2) is 11.5 Å². The lowest BCUT2D eigenvalue weighted by molar-refractivity contribution is -0.116. The predicted octanol–water partition coefficient (Wildman–Crippen LogP) is 3.81. The molecule has 3 aromatic carbocycles. The van der Waals surface area contributed by atoms with E-state index in [9.17, 15) is 21.6 Å². The average Bonchev–Trinajstić information content (AvgIpc) is 3.41. The first-order valence-corrected chi connectivity index (χ1v) is 15.9. The number of sulfonamides is 2. The van der Waals surface area contributed by atoms with Crippen LogP contribution in [0.1, 0.15) is 31.7 Å². The van der Waals surface area contributed by atoms with Gasteiger partial charge in [-0.3, -0.25) is 4.79 Å². The minimum absolute atomic E-state index is 0.0318. The minimum atomic E-state index is -4.21. The van der Waals surface area contributed by atoms with Crippen LogP contribution in [-0.4, -0.2) is 57.3 Å². The Morgan fingerprint density at radius 2 is 1.62 bits per heavy atom. The molecule has 1 atom stereocenters. The SMILES string of the molecule is C[C@@H]1CCCCN1S(=O)(=O)c1ccc(S(=O)(=O)N(CC(=O)Nc2ccccc2)Cc2ccc3c(c2)OCO3)cc1. The number of carbonyl (C=O) groups is 1. The molecule has 0 aromatic heterocycles. The van der Waals surface area contributed by atoms with Gasteiger partial charge in [-0.2, -0.15) is 8.61 Å². The van der Waals surface area contributed by atoms with Gasteiger partial charge in [-0.25, -0.2) is 16.8 Å². The number of ether oxygens (including phenoxy) is 2. The Morgan fingerprint density at radius 3 is 2.35 bits per heavy atom. The van der Waals surface area contributed by atoms with Gasteiger partial charge in [-0.1, -0.05) is 30.7 Å². The lowest BCUT2D eigenvalue weighted by Gasteiger charge is -2.32. The lowest BCUT2D eigenvalue weighted by Crippen LogP contribution is -2.41. The molecular weight excluding hydrogens is 554 g/mol. The zero-order valence-electron chi connectivity index (χ0n) is 22.0. The first kappa shape index (κ1) is 28.1. The monoisotopic (exact) mass is 585 g/mol. The minimum Gasteiger partial charge on any atom is -0.454 e. The third kappa shape index (κ3) is 5.99. The van der Waals surface area contributed by atoms with Gasteiger partial charge in [-0.05, 0) is 73.9 Å². The molecule has 0 saturated carbocycles. The van der Waals surface area contributed by atoms with Gasteiger partial charge in [-0.15, -0.1) is 0 Å². The Labute approximate surface area is 234 Å². The van der Waals surface area contributed by atoms with Gasteiger partial charge >= 0.3 is 0 Å². The Morgan fingerprint density at radius 1 is 0.925 bits per heavy atom. The van der Waals surface area contributed by atoms with E-state index in [1.54, 1.807) is 42.5 Å². The highest BCUT2D eigenvalue weighted by Gasteiger charge is 2.32. The zero-order chi connectivity index (χ0) is 28.3. The van der Waals surface area contributed by atoms with Crippen LogP contribution in [0.4, 0.5) is 5.69 Å². The number of piperidine rings is 1. The van der Waals surface area contributed by atoms with Crippen molar-refractivity contribution in [2.45, 2.75) is 48.6 Å². The molecule has 0 radical (unpaired) electrons. The highest BCUT2D eigenvalue weighted by Crippen LogP contribution is 2.33. The molecular formula is C28H31N3O7S2. The number of hydrogen-bond donors (Lipinski definition) is 1. The number of anilines is 1. The molecule has 5 rings (SSSR count). The first-order valence-electron chi connectivity index (χ1n) is 13.0. The molecule has 1 fully saturated rings. The van der Waals surface area contributed by atoms with Crippen LogP contribution in [0, 0.1) is 0 Å². The topological polar surface area (TPSA) is 122 Å². The first-order chi connectivity index (χ1) is 19.1. The Balaban J connectivity index is 1.41. The van der Waals surface area contributed by atoms with Gasteiger partial charge < -0.3 is 14.8 Å². The van der Waals surface area contributed by atoms with Gasteiger partial charge in [0, 0.05) is 24.8 Å². The van der Waals surface area contributed by atoms with Crippen molar-refractivity contribution in [3.8, 4) is 11.5 Å². The molecule has 0 unspecified atom stereocenters. The molecule has 1 saturated heterocycles. The van der Waals surface area contributed by atoms with Crippen LogP contribution >= 0.6 is 0 Å². The van der Waals surface area contributed by atoms with E-state index in [-0.39, 0.29) is 29.2 Å². The fourth-order valence-corrected chi connectivity index (χ4v) is 7.93. The van der Waals surface area contributed by atoms with Crippen molar-refractivity contribution in [2.75, 3.05) is 25.2 Å². The maximum Gasteiger partial charge on any atom is 0.243 e. The summed E-state index contributed by atoms with van der Waals surface area (Å²) in [5.74, 6) is 0.527. The summed E-state index contributed by atoms with van der Waals surface area (Å²) in [6.07, 6.45) is 2.54. The highest BCUT2D eigenvalue weighted by molar-refractivity contribution is 7.89. The van der Waals surface area contributed by atoms with Crippen molar-refractivity contribution < 1.29 is 31.1 Å². The van der Waals surface area contributed by atoms with Crippen molar-refractivity contribution in [1.82, 2.24) is 8.61 Å². The van der Waals surface area contributed by atoms with Crippen molar-refractivity contribution in [1.29, 1.82) is 0 Å². The van der Waals surface area contributed by atoms with Gasteiger partial charge in [0.1, 0.15) is 0 Å². The molecule has 2 heterocycles. The lowest BCUT2D eigenvalue weighted by atomic mass is 10.1. The molecule has 0 aliphatic carbocycles. The molecule has 1 N–H and O–H groups in total. The molecule has 0 bridgehead atoms. The maximum absolute atomic E-state index is 13.8. The summed E-state index contributed by atoms with van der Waals surface area (Å²) >= 11 is 0. The van der Waals surface area contributed by atoms with Crippen LogP contribution < -0.4 is 14.8 Å². The van der Waals surface area contributed by atoms with E-state index in [0.29, 0.717) is 29.3 Å². The molecule has 12 heteroatoms. The number of amides is 1. The summed E-state index contributed by atoms with van der Waals surface area (Å²) in [5.41, 5.74) is 1.13. The third-order valence-electron chi connectivity index (χ3n) is 6.98. The molecule has 10 nitrogen and oxygen atoms in total. The molecule has 1 amide bonds. The number of fused-ring (bicyclic) bond motifs is 1. The molecule has 3 aromatic rings. The van der Waals surface area contributed by atoms with Gasteiger partial charge in [0.2, 0.25) is 32.7 Å². The number of nitrogens with one attached hydrogen (secondary N) is 1. The molecule has 40 heavy (non-hydrogen) atoms. The van der Waals surface area contributed by atoms with E-state index in [4.69, 9.17) is 9.47 Å². The van der Waals surface area contributed by atoms with E-state index < -0.39 is 32.5 Å². The maximum atomic E-state index is 13.8. The number of benzene rings is 3. The van der Waals surface area contributed by atoms with E-state index in [0.717, 1.165) is 23.6 Å². The summed E-state index contributed by atoms with van der Waals surface area (Å²) in [6, 6.07) is 18.9. The van der Waals surface area contributed by atoms with Crippen LogP contribution in [0.2, 0.25) is 0 Å². The highest BCUT2D eigenvalue weighted by atomic mass is 32.2. The van der Waals surface area contributed by atoms with Crippen LogP contribution in [0.3, 0.4) is 0 Å². The largest absolute Gasteiger partial charge is 0.454 e. The van der Waals surface area contributed by atoms with Crippen LogP contribution in [0.15, 0.2) is 82.6 Å². The second kappa shape index (κ2) is 11.6. The fraction of sp³-hybridized carbons (Fsp3) is 0.321. The second-order valence-corrected chi connectivity index (χ2v) is 13.6. The number of carbonyl (C=O) groups excluding carboxylic acids is 1. The molecule has 2 aliphatic heterocycles. The Bertz CT molecular complexity index is 1580. The van der Waals surface area contributed by atoms with Crippen LogP contribution in [-0.2, 0) is 31.4 Å². The average molecular weight is 586 g/mol. The van der Waals surface area contributed by atoms with Crippen molar-refractivity contribution in [2.24, 2.45) is 0 Å². The third-order valence-corrected chi connectivity index (χ3v) is 10.8. The Kier molecular flexibility index (Phi) is 8.13. The van der Waals surface area contributed by atoms with E-state index >= 15 is 0 Å². The standard InChI is InChI=1S/C28H31N3O7S2/c1-21-7-5-6-16-31(21)40(35,36)25-13-11-24(12-14-25)39(33,34)30(19-28(32)29-23-8-3-2-4-9-23)18-22-10-15-26-27(17-22)38-20-37-26/h2-4,8-15,17,21H,5-7,16,18-20H2,1H3,(H,29,32)/t21-/m1/s1. The fourth-order valence-electron chi connectivity index (χ4n) is 4.85. The van der Waals surface area contributed by atoms with E-state index in [1.165, 1.54) is 28.6 Å². The van der Waals surface area contributed by atoms with E-state index in [1.807, 2.05) is 13.0 Å². The zero-order valence-corrected chi connectivity index (χ0v) is 23.7. The number of nitrogens with zero attached hydrogens (tertiary/aromatic N) is 2. The molecule has 212 valence electrons. The summed E-state index contributed by atoms with van der Waals surface area (Å²) < 4.78 is 67.4. The van der Waals surface area contributed by atoms with Crippen LogP contribution in [0.25, 0.3) is 0 Å². The number of hydrogen-bond acceptors (Lipinski definition) is 7. The quantitative estimate of drug-likeness (QED) is 0.405. The van der Waals surface area contributed by atoms with Gasteiger partial charge in [0.25, 0.3) is 0 Å². The van der Waals surface area contributed by atoms with Crippen LogP contribution in [0.5, 0.6) is 11.5 Å². The van der Waals surface area contributed by atoms with Crippen molar-refractivity contribution in [3.63, 3.8) is 0 Å². The summed E-state index contributed by atoms with van der Waals surface area (Å²) in [4.78, 5) is 12.8. The number of rotatable bonds is 9. The normalized spacial score (nSPS) is 17.6. The van der Waals surface area contributed by atoms with Crippen molar-refractivity contribution >= 4 is 31.6 Å². The smallest absolute Gasteiger partial charge is 0.243 e. The molecule has 2 aliphatic rings. The van der Waals surface area contributed by atoms with Gasteiger partial charge in [0.05, 0.1) is 16.3 Å². The summed E-state index contributed by atoms with van der Waals surface area (Å²) in [7, 11) is -7.97. The predicted molar refractivity (Wildman–Crippen MR) is 149 cm³/mol. The van der Waals surface area contributed by atoms with Crippen molar-refractivity contribution in [3.05, 3.63) is 78.4 Å². The Hall–Kier alpha value is -3.45. The summed E-state index contributed by atoms with van der Waals surface area (Å²) in [6.45, 7) is 1.81. The number of para-hydroxylation sites is 1. The van der Waals surface area contributed by atoms with E-state index in [2.05, 4.69) is 5.32 Å². The molecule has 0 spiro atoms.